The number of hydrogen-bond acceptors (Lipinski definition) is 3. The zero-order valence-corrected chi connectivity index (χ0v) is 9.57. The van der Waals surface area contributed by atoms with E-state index in [1.807, 2.05) is 11.8 Å². The summed E-state index contributed by atoms with van der Waals surface area (Å²) in [5.41, 5.74) is 5.75. The second-order valence-electron chi connectivity index (χ2n) is 4.50. The van der Waals surface area contributed by atoms with Crippen LogP contribution >= 0.6 is 11.8 Å². The van der Waals surface area contributed by atoms with Gasteiger partial charge >= 0.3 is 0 Å². The van der Waals surface area contributed by atoms with E-state index in [0.717, 1.165) is 17.9 Å². The molecule has 0 amide bonds. The number of aliphatic hydroxyl groups is 1. The van der Waals surface area contributed by atoms with Gasteiger partial charge in [-0.05, 0) is 35.7 Å². The summed E-state index contributed by atoms with van der Waals surface area (Å²) in [5.74, 6) is 2.80. The Morgan fingerprint density at radius 3 is 2.71 bits per heavy atom. The molecule has 14 heavy (non-hydrogen) atoms. The second-order valence-corrected chi connectivity index (χ2v) is 5.54. The molecule has 4 N–H and O–H groups in total. The van der Waals surface area contributed by atoms with E-state index in [2.05, 4.69) is 6.92 Å². The molecule has 0 aromatic rings. The van der Waals surface area contributed by atoms with E-state index >= 15 is 0 Å². The Morgan fingerprint density at radius 2 is 2.29 bits per heavy atom. The van der Waals surface area contributed by atoms with Crippen LogP contribution < -0.4 is 5.73 Å². The summed E-state index contributed by atoms with van der Waals surface area (Å²) in [6.45, 7) is 2.32. The molecule has 82 valence electrons. The smallest absolute Gasteiger partial charge is 0.0911 e. The van der Waals surface area contributed by atoms with E-state index in [1.54, 1.807) is 0 Å². The first kappa shape index (κ1) is 11.9. The topological polar surface area (TPSA) is 70.1 Å². The SMILES string of the molecule is CC(CO)CSCC1(CC(=N)N)CC1. The van der Waals surface area contributed by atoms with Crippen LogP contribution in [0.4, 0.5) is 0 Å². The molecular formula is C10H20N2OS. The van der Waals surface area contributed by atoms with Gasteiger partial charge in [0.25, 0.3) is 0 Å². The van der Waals surface area contributed by atoms with Gasteiger partial charge in [0, 0.05) is 13.0 Å². The van der Waals surface area contributed by atoms with Gasteiger partial charge in [0.05, 0.1) is 5.84 Å². The first-order chi connectivity index (χ1) is 6.58. The molecule has 4 heteroatoms. The predicted molar refractivity (Wildman–Crippen MR) is 61.8 cm³/mol. The van der Waals surface area contributed by atoms with Crippen LogP contribution in [0.25, 0.3) is 0 Å². The number of hydrogen-bond donors (Lipinski definition) is 3. The lowest BCUT2D eigenvalue weighted by atomic mass is 10.1. The van der Waals surface area contributed by atoms with Gasteiger partial charge in [-0.3, -0.25) is 5.41 Å². The predicted octanol–water partition coefficient (Wildman–Crippen LogP) is 1.45. The molecule has 1 saturated carbocycles. The van der Waals surface area contributed by atoms with Crippen LogP contribution in [0.3, 0.4) is 0 Å². The van der Waals surface area contributed by atoms with Gasteiger partial charge in [-0.2, -0.15) is 11.8 Å². The van der Waals surface area contributed by atoms with Gasteiger partial charge in [-0.15, -0.1) is 0 Å². The summed E-state index contributed by atoms with van der Waals surface area (Å²) >= 11 is 1.89. The Hall–Kier alpha value is -0.220. The number of nitrogens with two attached hydrogens (primary N) is 1. The van der Waals surface area contributed by atoms with Gasteiger partial charge < -0.3 is 10.8 Å². The maximum atomic E-state index is 8.86. The minimum atomic E-state index is 0.271. The number of thioether (sulfide) groups is 1. The summed E-state index contributed by atoms with van der Waals surface area (Å²) in [6, 6.07) is 0. The van der Waals surface area contributed by atoms with Crippen molar-refractivity contribution < 1.29 is 5.11 Å². The lowest BCUT2D eigenvalue weighted by molar-refractivity contribution is 0.250. The third-order valence-corrected chi connectivity index (χ3v) is 4.27. The van der Waals surface area contributed by atoms with Crippen LogP contribution in [-0.2, 0) is 0 Å². The van der Waals surface area contributed by atoms with E-state index in [0.29, 0.717) is 17.2 Å². The van der Waals surface area contributed by atoms with Crippen molar-refractivity contribution in [1.29, 1.82) is 5.41 Å². The van der Waals surface area contributed by atoms with Crippen molar-refractivity contribution in [3.8, 4) is 0 Å². The van der Waals surface area contributed by atoms with Crippen LogP contribution in [0.2, 0.25) is 0 Å². The van der Waals surface area contributed by atoms with Crippen LogP contribution in [-0.4, -0.2) is 29.1 Å². The zero-order chi connectivity index (χ0) is 10.6. The van der Waals surface area contributed by atoms with E-state index in [1.165, 1.54) is 12.8 Å². The van der Waals surface area contributed by atoms with Crippen molar-refractivity contribution in [2.75, 3.05) is 18.1 Å². The zero-order valence-electron chi connectivity index (χ0n) is 8.75. The molecule has 1 fully saturated rings. The minimum absolute atomic E-state index is 0.271. The molecule has 1 rings (SSSR count). The largest absolute Gasteiger partial charge is 0.396 e. The highest BCUT2D eigenvalue weighted by molar-refractivity contribution is 7.99. The van der Waals surface area contributed by atoms with Crippen molar-refractivity contribution in [3.05, 3.63) is 0 Å². The number of amidine groups is 1. The van der Waals surface area contributed by atoms with Gasteiger partial charge in [-0.1, -0.05) is 6.92 Å². The molecule has 1 aliphatic rings. The average Bonchev–Trinajstić information content (AvgIpc) is 2.83. The molecule has 0 spiro atoms. The fourth-order valence-corrected chi connectivity index (χ4v) is 2.93. The molecule has 1 aliphatic carbocycles. The van der Waals surface area contributed by atoms with Crippen LogP contribution in [0.1, 0.15) is 26.2 Å². The van der Waals surface area contributed by atoms with E-state index < -0.39 is 0 Å². The third kappa shape index (κ3) is 3.88. The summed E-state index contributed by atoms with van der Waals surface area (Å²) < 4.78 is 0. The maximum absolute atomic E-state index is 8.86. The Labute approximate surface area is 90.0 Å². The molecule has 0 radical (unpaired) electrons. The molecule has 0 aromatic heterocycles. The monoisotopic (exact) mass is 216 g/mol. The van der Waals surface area contributed by atoms with E-state index in [4.69, 9.17) is 16.2 Å². The molecule has 0 saturated heterocycles. The van der Waals surface area contributed by atoms with E-state index in [-0.39, 0.29) is 6.61 Å². The number of aliphatic hydroxyl groups excluding tert-OH is 1. The highest BCUT2D eigenvalue weighted by atomic mass is 32.2. The van der Waals surface area contributed by atoms with Gasteiger partial charge in [-0.25, -0.2) is 0 Å². The van der Waals surface area contributed by atoms with Crippen molar-refractivity contribution in [3.63, 3.8) is 0 Å². The fourth-order valence-electron chi connectivity index (χ4n) is 1.48. The summed E-state index contributed by atoms with van der Waals surface area (Å²) in [5, 5.41) is 16.1. The molecule has 1 unspecified atom stereocenters. The fraction of sp³-hybridized carbons (Fsp3) is 0.900. The van der Waals surface area contributed by atoms with Gasteiger partial charge in [0.1, 0.15) is 0 Å². The van der Waals surface area contributed by atoms with Gasteiger partial charge in [0.2, 0.25) is 0 Å². The summed E-state index contributed by atoms with van der Waals surface area (Å²) in [7, 11) is 0. The quantitative estimate of drug-likeness (QED) is 0.445. The normalized spacial score (nSPS) is 20.4. The molecule has 0 aliphatic heterocycles. The van der Waals surface area contributed by atoms with Crippen LogP contribution in [0.5, 0.6) is 0 Å². The maximum Gasteiger partial charge on any atom is 0.0911 e. The first-order valence-electron chi connectivity index (χ1n) is 5.09. The molecular weight excluding hydrogens is 196 g/mol. The second kappa shape index (κ2) is 5.03. The Bertz CT molecular complexity index is 204. The average molecular weight is 216 g/mol. The lowest BCUT2D eigenvalue weighted by Crippen LogP contribution is -2.18. The van der Waals surface area contributed by atoms with Crippen molar-refractivity contribution in [1.82, 2.24) is 0 Å². The minimum Gasteiger partial charge on any atom is -0.396 e. The molecule has 0 aromatic carbocycles. The van der Waals surface area contributed by atoms with Crippen molar-refractivity contribution >= 4 is 17.6 Å². The number of rotatable bonds is 7. The summed E-state index contributed by atoms with van der Waals surface area (Å²) in [6.07, 6.45) is 3.19. The molecule has 1 atom stereocenters. The van der Waals surface area contributed by atoms with Crippen molar-refractivity contribution in [2.45, 2.75) is 26.2 Å². The van der Waals surface area contributed by atoms with Crippen LogP contribution in [0.15, 0.2) is 0 Å². The third-order valence-electron chi connectivity index (χ3n) is 2.64. The lowest BCUT2D eigenvalue weighted by Gasteiger charge is -2.14. The Kier molecular flexibility index (Phi) is 4.26. The standard InChI is InChI=1S/C10H20N2OS/c1-8(5-13)6-14-7-10(2-3-10)4-9(11)12/h8,13H,2-7H2,1H3,(H3,11,12). The van der Waals surface area contributed by atoms with Crippen LogP contribution in [0, 0.1) is 16.7 Å². The van der Waals surface area contributed by atoms with Crippen molar-refractivity contribution in [2.24, 2.45) is 17.1 Å². The van der Waals surface area contributed by atoms with Gasteiger partial charge in [0.15, 0.2) is 0 Å². The number of nitrogens with one attached hydrogen (secondary N) is 1. The molecule has 3 nitrogen and oxygen atoms in total. The highest BCUT2D eigenvalue weighted by Crippen LogP contribution is 2.50. The summed E-state index contributed by atoms with van der Waals surface area (Å²) in [4.78, 5) is 0. The van der Waals surface area contributed by atoms with E-state index in [9.17, 15) is 0 Å². The first-order valence-corrected chi connectivity index (χ1v) is 6.25. The molecule has 0 bridgehead atoms. The Balaban J connectivity index is 2.14. The Morgan fingerprint density at radius 1 is 1.64 bits per heavy atom. The molecule has 0 heterocycles. The highest BCUT2D eigenvalue weighted by Gasteiger charge is 2.42.